The number of hydrogen-bond donors (Lipinski definition) is 0. The van der Waals surface area contributed by atoms with Gasteiger partial charge in [-0.2, -0.15) is 0 Å². The fraction of sp³-hybridized carbons (Fsp3) is 0.381. The molecule has 0 aromatic heterocycles. The van der Waals surface area contributed by atoms with Gasteiger partial charge in [0.05, 0.1) is 32.8 Å². The smallest absolute Gasteiger partial charge is 0.243 e. The summed E-state index contributed by atoms with van der Waals surface area (Å²) in [5.41, 5.74) is 1.23. The van der Waals surface area contributed by atoms with Gasteiger partial charge in [-0.15, -0.1) is 0 Å². The number of nitrogens with zero attached hydrogens (tertiary/aromatic N) is 2. The Morgan fingerprint density at radius 1 is 1.00 bits per heavy atom. The lowest BCUT2D eigenvalue weighted by atomic mass is 10.2. The Morgan fingerprint density at radius 3 is 2.17 bits per heavy atom. The molecule has 0 unspecified atom stereocenters. The molecule has 0 aliphatic rings. The Bertz CT molecular complexity index is 960. The Kier molecular flexibility index (Phi) is 7.93. The first-order valence-electron chi connectivity index (χ1n) is 9.35. The van der Waals surface area contributed by atoms with Crippen molar-refractivity contribution in [2.75, 3.05) is 45.0 Å². The molecule has 0 bridgehead atoms. The predicted molar refractivity (Wildman–Crippen MR) is 116 cm³/mol. The number of sulfonamides is 1. The number of likely N-dealkylation sites (N-methyl/N-ethyl adjacent to an activating group) is 1. The van der Waals surface area contributed by atoms with Crippen LogP contribution in [-0.2, 0) is 21.4 Å². The molecule has 8 nitrogen and oxygen atoms in total. The molecule has 0 aliphatic carbocycles. The topological polar surface area (TPSA) is 85.4 Å². The standard InChI is InChI=1S/C21H28N2O6S/c1-6-29-18-10-8-17(9-11-18)23(30(5,25)26)15-21(24)22(2)14-16-7-12-19(27-3)20(13-16)28-4/h7-13H,6,14-15H2,1-5H3. The van der Waals surface area contributed by atoms with Crippen molar-refractivity contribution in [3.05, 3.63) is 48.0 Å². The fourth-order valence-corrected chi connectivity index (χ4v) is 3.71. The van der Waals surface area contributed by atoms with E-state index < -0.39 is 10.0 Å². The first-order chi connectivity index (χ1) is 14.2. The van der Waals surface area contributed by atoms with Crippen molar-refractivity contribution in [2.24, 2.45) is 0 Å². The van der Waals surface area contributed by atoms with E-state index in [0.29, 0.717) is 36.1 Å². The number of carbonyl (C=O) groups is 1. The zero-order valence-electron chi connectivity index (χ0n) is 17.9. The van der Waals surface area contributed by atoms with E-state index in [-0.39, 0.29) is 12.5 Å². The number of carbonyl (C=O) groups excluding carboxylic acids is 1. The van der Waals surface area contributed by atoms with E-state index >= 15 is 0 Å². The normalized spacial score (nSPS) is 11.0. The van der Waals surface area contributed by atoms with Crippen LogP contribution >= 0.6 is 0 Å². The Labute approximate surface area is 178 Å². The molecule has 0 heterocycles. The largest absolute Gasteiger partial charge is 0.494 e. The summed E-state index contributed by atoms with van der Waals surface area (Å²) < 4.78 is 41.6. The maximum absolute atomic E-state index is 12.8. The lowest BCUT2D eigenvalue weighted by Crippen LogP contribution is -2.41. The van der Waals surface area contributed by atoms with Crippen LogP contribution in [0.4, 0.5) is 5.69 Å². The summed E-state index contributed by atoms with van der Waals surface area (Å²) in [6.07, 6.45) is 1.07. The van der Waals surface area contributed by atoms with E-state index in [9.17, 15) is 13.2 Å². The van der Waals surface area contributed by atoms with Crippen LogP contribution in [0.25, 0.3) is 0 Å². The highest BCUT2D eigenvalue weighted by Gasteiger charge is 2.23. The average molecular weight is 437 g/mol. The average Bonchev–Trinajstić information content (AvgIpc) is 2.71. The number of hydrogen-bond acceptors (Lipinski definition) is 6. The van der Waals surface area contributed by atoms with Gasteiger partial charge in [0.2, 0.25) is 15.9 Å². The number of rotatable bonds is 10. The van der Waals surface area contributed by atoms with Crippen LogP contribution in [0.3, 0.4) is 0 Å². The van der Waals surface area contributed by atoms with Crippen LogP contribution < -0.4 is 18.5 Å². The van der Waals surface area contributed by atoms with Gasteiger partial charge in [0.25, 0.3) is 0 Å². The molecular weight excluding hydrogens is 408 g/mol. The van der Waals surface area contributed by atoms with Crippen molar-refractivity contribution < 1.29 is 27.4 Å². The number of amides is 1. The second-order valence-corrected chi connectivity index (χ2v) is 8.54. The minimum Gasteiger partial charge on any atom is -0.494 e. The summed E-state index contributed by atoms with van der Waals surface area (Å²) in [4.78, 5) is 14.2. The second-order valence-electron chi connectivity index (χ2n) is 6.64. The molecule has 0 aliphatic heterocycles. The van der Waals surface area contributed by atoms with E-state index in [0.717, 1.165) is 16.1 Å². The van der Waals surface area contributed by atoms with Crippen LogP contribution in [-0.4, -0.2) is 59.9 Å². The van der Waals surface area contributed by atoms with Crippen molar-refractivity contribution in [3.63, 3.8) is 0 Å². The van der Waals surface area contributed by atoms with E-state index in [4.69, 9.17) is 14.2 Å². The monoisotopic (exact) mass is 436 g/mol. The zero-order chi connectivity index (χ0) is 22.3. The highest BCUT2D eigenvalue weighted by atomic mass is 32.2. The highest BCUT2D eigenvalue weighted by Crippen LogP contribution is 2.28. The minimum atomic E-state index is -3.66. The van der Waals surface area contributed by atoms with E-state index in [1.165, 1.54) is 12.0 Å². The zero-order valence-corrected chi connectivity index (χ0v) is 18.7. The molecule has 2 rings (SSSR count). The van der Waals surface area contributed by atoms with Crippen molar-refractivity contribution in [2.45, 2.75) is 13.5 Å². The summed E-state index contributed by atoms with van der Waals surface area (Å²) in [7, 11) is 1.06. The van der Waals surface area contributed by atoms with Crippen LogP contribution in [0.1, 0.15) is 12.5 Å². The van der Waals surface area contributed by atoms with Crippen LogP contribution in [0, 0.1) is 0 Å². The van der Waals surface area contributed by atoms with Crippen LogP contribution in [0.2, 0.25) is 0 Å². The summed E-state index contributed by atoms with van der Waals surface area (Å²) in [5, 5.41) is 0. The van der Waals surface area contributed by atoms with E-state index in [2.05, 4.69) is 0 Å². The van der Waals surface area contributed by atoms with E-state index in [1.807, 2.05) is 13.0 Å². The molecule has 30 heavy (non-hydrogen) atoms. The Hall–Kier alpha value is -2.94. The molecule has 0 spiro atoms. The van der Waals surface area contributed by atoms with Crippen molar-refractivity contribution in [1.82, 2.24) is 4.90 Å². The SMILES string of the molecule is CCOc1ccc(N(CC(=O)N(C)Cc2ccc(OC)c(OC)c2)S(C)(=O)=O)cc1. The van der Waals surface area contributed by atoms with Gasteiger partial charge in [-0.05, 0) is 48.9 Å². The number of ether oxygens (including phenoxy) is 3. The van der Waals surface area contributed by atoms with Gasteiger partial charge < -0.3 is 19.1 Å². The molecule has 0 radical (unpaired) electrons. The lowest BCUT2D eigenvalue weighted by Gasteiger charge is -2.25. The first kappa shape index (κ1) is 23.3. The van der Waals surface area contributed by atoms with Gasteiger partial charge in [-0.1, -0.05) is 6.07 Å². The van der Waals surface area contributed by atoms with Gasteiger partial charge in [0, 0.05) is 13.6 Å². The molecule has 0 N–H and O–H groups in total. The summed E-state index contributed by atoms with van der Waals surface area (Å²) in [5.74, 6) is 1.44. The minimum absolute atomic E-state index is 0.292. The molecule has 0 fully saturated rings. The number of anilines is 1. The van der Waals surface area contributed by atoms with E-state index in [1.54, 1.807) is 50.6 Å². The predicted octanol–water partition coefficient (Wildman–Crippen LogP) is 2.53. The van der Waals surface area contributed by atoms with Gasteiger partial charge in [0.15, 0.2) is 11.5 Å². The molecule has 0 atom stereocenters. The second kappa shape index (κ2) is 10.2. The molecular formula is C21H28N2O6S. The van der Waals surface area contributed by atoms with Gasteiger partial charge >= 0.3 is 0 Å². The van der Waals surface area contributed by atoms with Crippen molar-refractivity contribution in [1.29, 1.82) is 0 Å². The van der Waals surface area contributed by atoms with Crippen molar-refractivity contribution in [3.8, 4) is 17.2 Å². The quantitative estimate of drug-likeness (QED) is 0.569. The van der Waals surface area contributed by atoms with Gasteiger partial charge in [-0.3, -0.25) is 9.10 Å². The van der Waals surface area contributed by atoms with Crippen molar-refractivity contribution >= 4 is 21.6 Å². The summed E-state index contributed by atoms with van der Waals surface area (Å²) in [6, 6.07) is 12.0. The maximum Gasteiger partial charge on any atom is 0.243 e. The Balaban J connectivity index is 2.15. The van der Waals surface area contributed by atoms with Crippen LogP contribution in [0.5, 0.6) is 17.2 Å². The van der Waals surface area contributed by atoms with Gasteiger partial charge in [0.1, 0.15) is 12.3 Å². The first-order valence-corrected chi connectivity index (χ1v) is 11.2. The molecule has 9 heteroatoms. The fourth-order valence-electron chi connectivity index (χ4n) is 2.86. The molecule has 1 amide bonds. The third-order valence-corrected chi connectivity index (χ3v) is 5.55. The lowest BCUT2D eigenvalue weighted by molar-refractivity contribution is -0.128. The third kappa shape index (κ3) is 6.03. The highest BCUT2D eigenvalue weighted by molar-refractivity contribution is 7.92. The van der Waals surface area contributed by atoms with Gasteiger partial charge in [-0.25, -0.2) is 8.42 Å². The summed E-state index contributed by atoms with van der Waals surface area (Å²) in [6.45, 7) is 2.36. The van der Waals surface area contributed by atoms with Crippen LogP contribution in [0.15, 0.2) is 42.5 Å². The molecule has 2 aromatic rings. The molecule has 0 saturated carbocycles. The molecule has 2 aromatic carbocycles. The third-order valence-electron chi connectivity index (χ3n) is 4.41. The molecule has 164 valence electrons. The molecule has 0 saturated heterocycles. The Morgan fingerprint density at radius 2 is 1.63 bits per heavy atom. The number of methoxy groups -OCH3 is 2. The summed E-state index contributed by atoms with van der Waals surface area (Å²) >= 11 is 0. The maximum atomic E-state index is 12.8. The number of benzene rings is 2.